The van der Waals surface area contributed by atoms with Crippen molar-refractivity contribution in [3.05, 3.63) is 64.4 Å². The van der Waals surface area contributed by atoms with E-state index >= 15 is 0 Å². The first-order valence-electron chi connectivity index (χ1n) is 5.06. The van der Waals surface area contributed by atoms with E-state index < -0.39 is 11.2 Å². The van der Waals surface area contributed by atoms with Crippen LogP contribution in [0.3, 0.4) is 0 Å². The lowest BCUT2D eigenvalue weighted by Gasteiger charge is -2.05. The van der Waals surface area contributed by atoms with Crippen LogP contribution < -0.4 is 0 Å². The number of halogens is 1. The third-order valence-electron chi connectivity index (χ3n) is 2.18. The van der Waals surface area contributed by atoms with Crippen molar-refractivity contribution in [1.29, 1.82) is 0 Å². The monoisotopic (exact) mass is 266 g/mol. The third kappa shape index (κ3) is 3.97. The second kappa shape index (κ2) is 5.96. The molecule has 2 nitrogen and oxygen atoms in total. The molecule has 1 heterocycles. The summed E-state index contributed by atoms with van der Waals surface area (Å²) < 4.78 is 16.7. The average Bonchev–Trinajstić information content (AvgIpc) is 2.83. The second-order valence-electron chi connectivity index (χ2n) is 3.51. The van der Waals surface area contributed by atoms with Gasteiger partial charge >= 0.3 is 0 Å². The fourth-order valence-electron chi connectivity index (χ4n) is 1.32. The van der Waals surface area contributed by atoms with Crippen LogP contribution in [-0.4, -0.2) is 4.55 Å². The Kier molecular flexibility index (Phi) is 4.31. The number of hydrogen-bond acceptors (Lipinski definition) is 2. The van der Waals surface area contributed by atoms with Gasteiger partial charge in [0.25, 0.3) is 0 Å². The van der Waals surface area contributed by atoms with Gasteiger partial charge in [-0.2, -0.15) is 0 Å². The molecule has 1 aromatic heterocycles. The molecule has 1 unspecified atom stereocenters. The van der Waals surface area contributed by atoms with Crippen LogP contribution in [0.15, 0.2) is 52.7 Å². The lowest BCUT2D eigenvalue weighted by molar-refractivity contribution is 0.567. The van der Waals surface area contributed by atoms with Gasteiger partial charge in [0, 0.05) is 16.1 Å². The first kappa shape index (κ1) is 12.3. The molecule has 0 aliphatic carbocycles. The van der Waals surface area contributed by atoms with Gasteiger partial charge in [-0.25, -0.2) is 0 Å². The summed E-state index contributed by atoms with van der Waals surface area (Å²) in [5.74, 6) is 0.492. The zero-order valence-electron chi connectivity index (χ0n) is 9.01. The Morgan fingerprint density at radius 2 is 2.00 bits per heavy atom. The molecule has 17 heavy (non-hydrogen) atoms. The summed E-state index contributed by atoms with van der Waals surface area (Å²) in [7, 11) is 0. The highest BCUT2D eigenvalue weighted by molar-refractivity contribution is 7.93. The molecule has 0 saturated heterocycles. The standard InChI is InChI=1S/C13H11ClO2S/c14-13-3-1-12(2-4-13)10-17(15)8-6-11-5-7-16-9-11/h1-9H,10H2/b8-6+. The van der Waals surface area contributed by atoms with Crippen molar-refractivity contribution in [2.24, 2.45) is 0 Å². The maximum absolute atomic E-state index is 11.8. The van der Waals surface area contributed by atoms with Gasteiger partial charge < -0.3 is 8.97 Å². The zero-order valence-corrected chi connectivity index (χ0v) is 10.6. The molecule has 0 aliphatic rings. The van der Waals surface area contributed by atoms with Crippen molar-refractivity contribution in [3.63, 3.8) is 0 Å². The largest absolute Gasteiger partial charge is 0.612 e. The summed E-state index contributed by atoms with van der Waals surface area (Å²) in [5.41, 5.74) is 1.92. The minimum absolute atomic E-state index is 0.492. The lowest BCUT2D eigenvalue weighted by atomic mass is 10.2. The van der Waals surface area contributed by atoms with E-state index in [9.17, 15) is 4.55 Å². The summed E-state index contributed by atoms with van der Waals surface area (Å²) in [5, 5.41) is 2.35. The number of rotatable bonds is 4. The molecule has 1 aromatic carbocycles. The van der Waals surface area contributed by atoms with E-state index in [4.69, 9.17) is 16.0 Å². The Balaban J connectivity index is 1.93. The van der Waals surface area contributed by atoms with Crippen LogP contribution in [0.25, 0.3) is 6.08 Å². The molecule has 0 radical (unpaired) electrons. The van der Waals surface area contributed by atoms with Gasteiger partial charge in [-0.3, -0.25) is 0 Å². The molecule has 0 fully saturated rings. The lowest BCUT2D eigenvalue weighted by Crippen LogP contribution is -1.99. The topological polar surface area (TPSA) is 36.2 Å². The normalized spacial score (nSPS) is 13.1. The number of furan rings is 1. The number of hydrogen-bond donors (Lipinski definition) is 0. The Labute approximate surface area is 108 Å². The molecule has 0 spiro atoms. The fraction of sp³-hybridized carbons (Fsp3) is 0.0769. The van der Waals surface area contributed by atoms with Crippen molar-refractivity contribution in [1.82, 2.24) is 0 Å². The summed E-state index contributed by atoms with van der Waals surface area (Å²) >= 11 is 4.75. The minimum Gasteiger partial charge on any atom is -0.612 e. The van der Waals surface area contributed by atoms with E-state index in [1.54, 1.807) is 36.1 Å². The first-order valence-corrected chi connectivity index (χ1v) is 6.82. The SMILES string of the molecule is [O-][S+](/C=C/c1ccoc1)Cc1ccc(Cl)cc1. The van der Waals surface area contributed by atoms with Crippen molar-refractivity contribution < 1.29 is 8.97 Å². The highest BCUT2D eigenvalue weighted by Gasteiger charge is 2.03. The molecule has 2 rings (SSSR count). The van der Waals surface area contributed by atoms with E-state index in [1.165, 1.54) is 0 Å². The van der Waals surface area contributed by atoms with Crippen LogP contribution in [-0.2, 0) is 16.9 Å². The predicted molar refractivity (Wildman–Crippen MR) is 71.0 cm³/mol. The molecule has 1 atom stereocenters. The molecule has 0 aliphatic heterocycles. The smallest absolute Gasteiger partial charge is 0.135 e. The molecule has 0 bridgehead atoms. The van der Waals surface area contributed by atoms with Crippen LogP contribution in [0.1, 0.15) is 11.1 Å². The zero-order chi connectivity index (χ0) is 12.1. The van der Waals surface area contributed by atoms with E-state index in [2.05, 4.69) is 0 Å². The summed E-state index contributed by atoms with van der Waals surface area (Å²) in [6.07, 6.45) is 4.98. The first-order chi connectivity index (χ1) is 8.24. The van der Waals surface area contributed by atoms with Gasteiger partial charge in [-0.1, -0.05) is 23.7 Å². The summed E-state index contributed by atoms with van der Waals surface area (Å²) in [6.45, 7) is 0. The molecule has 0 N–H and O–H groups in total. The summed E-state index contributed by atoms with van der Waals surface area (Å²) in [4.78, 5) is 0. The second-order valence-corrected chi connectivity index (χ2v) is 5.27. The van der Waals surface area contributed by atoms with Gasteiger partial charge in [0.2, 0.25) is 0 Å². The predicted octanol–water partition coefficient (Wildman–Crippen LogP) is 3.85. The summed E-state index contributed by atoms with van der Waals surface area (Å²) in [6, 6.07) is 9.18. The van der Waals surface area contributed by atoms with E-state index in [-0.39, 0.29) is 0 Å². The fourth-order valence-corrected chi connectivity index (χ4v) is 2.37. The van der Waals surface area contributed by atoms with E-state index in [0.717, 1.165) is 11.1 Å². The highest BCUT2D eigenvalue weighted by Crippen LogP contribution is 2.13. The van der Waals surface area contributed by atoms with Crippen LogP contribution in [0, 0.1) is 0 Å². The van der Waals surface area contributed by atoms with Crippen molar-refractivity contribution >= 4 is 28.9 Å². The van der Waals surface area contributed by atoms with Crippen LogP contribution in [0.4, 0.5) is 0 Å². The van der Waals surface area contributed by atoms with Gasteiger partial charge in [0.1, 0.15) is 11.2 Å². The Bertz CT molecular complexity index is 477. The Morgan fingerprint density at radius 1 is 1.24 bits per heavy atom. The quantitative estimate of drug-likeness (QED) is 0.788. The molecule has 0 saturated carbocycles. The van der Waals surface area contributed by atoms with Gasteiger partial charge in [-0.05, 0) is 35.5 Å². The maximum atomic E-state index is 11.8. The minimum atomic E-state index is -1.03. The Morgan fingerprint density at radius 3 is 2.65 bits per heavy atom. The van der Waals surface area contributed by atoms with Crippen LogP contribution in [0.5, 0.6) is 0 Å². The highest BCUT2D eigenvalue weighted by atomic mass is 35.5. The molecular formula is C13H11ClO2S. The molecular weight excluding hydrogens is 256 g/mol. The van der Waals surface area contributed by atoms with Crippen molar-refractivity contribution in [2.75, 3.05) is 0 Å². The van der Waals surface area contributed by atoms with Crippen molar-refractivity contribution in [3.8, 4) is 0 Å². The third-order valence-corrected chi connectivity index (χ3v) is 3.49. The molecule has 88 valence electrons. The van der Waals surface area contributed by atoms with Crippen molar-refractivity contribution in [2.45, 2.75) is 5.75 Å². The molecule has 0 amide bonds. The molecule has 4 heteroatoms. The van der Waals surface area contributed by atoms with Crippen LogP contribution in [0.2, 0.25) is 5.02 Å². The number of benzene rings is 1. The molecule has 2 aromatic rings. The van der Waals surface area contributed by atoms with Gasteiger partial charge in [0.15, 0.2) is 0 Å². The van der Waals surface area contributed by atoms with E-state index in [0.29, 0.717) is 10.8 Å². The van der Waals surface area contributed by atoms with Gasteiger partial charge in [-0.15, -0.1) is 0 Å². The maximum Gasteiger partial charge on any atom is 0.135 e. The average molecular weight is 267 g/mol. The van der Waals surface area contributed by atoms with Crippen LogP contribution >= 0.6 is 11.6 Å². The Hall–Kier alpha value is -1.16. The van der Waals surface area contributed by atoms with Gasteiger partial charge in [0.05, 0.1) is 12.5 Å². The van der Waals surface area contributed by atoms with E-state index in [1.807, 2.05) is 18.2 Å².